The molecule has 0 atom stereocenters. The summed E-state index contributed by atoms with van der Waals surface area (Å²) in [6, 6.07) is 9.09. The Labute approximate surface area is 123 Å². The number of aryl methyl sites for hydroxylation is 3. The second-order valence-electron chi connectivity index (χ2n) is 4.84. The average molecular weight is 283 g/mol. The molecule has 1 aromatic heterocycles. The van der Waals surface area contributed by atoms with Gasteiger partial charge in [0.1, 0.15) is 5.69 Å². The number of pyridine rings is 1. The van der Waals surface area contributed by atoms with E-state index in [2.05, 4.69) is 10.1 Å². The Morgan fingerprint density at radius 3 is 2.43 bits per heavy atom. The van der Waals surface area contributed by atoms with Gasteiger partial charge in [0.05, 0.1) is 5.56 Å². The average Bonchev–Trinajstić information content (AvgIpc) is 2.44. The molecular formula is C16H17N3O2. The normalized spacial score (nSPS) is 11.3. The van der Waals surface area contributed by atoms with Crippen LogP contribution >= 0.6 is 0 Å². The van der Waals surface area contributed by atoms with Crippen molar-refractivity contribution in [2.75, 3.05) is 0 Å². The van der Waals surface area contributed by atoms with Crippen LogP contribution in [0.2, 0.25) is 0 Å². The fraction of sp³-hybridized carbons (Fsp3) is 0.188. The van der Waals surface area contributed by atoms with Gasteiger partial charge in [0, 0.05) is 6.20 Å². The van der Waals surface area contributed by atoms with Gasteiger partial charge in [0.25, 0.3) is 0 Å². The van der Waals surface area contributed by atoms with Crippen LogP contribution < -0.4 is 5.73 Å². The van der Waals surface area contributed by atoms with Gasteiger partial charge in [0.15, 0.2) is 5.84 Å². The van der Waals surface area contributed by atoms with E-state index in [1.807, 2.05) is 32.9 Å². The summed E-state index contributed by atoms with van der Waals surface area (Å²) < 4.78 is 0. The molecule has 0 unspecified atom stereocenters. The van der Waals surface area contributed by atoms with Crippen LogP contribution in [0.15, 0.2) is 41.7 Å². The minimum absolute atomic E-state index is 0.0615. The Kier molecular flexibility index (Phi) is 4.33. The number of carbonyl (C=O) groups is 1. The zero-order chi connectivity index (χ0) is 15.4. The van der Waals surface area contributed by atoms with Crippen LogP contribution in [0.4, 0.5) is 0 Å². The topological polar surface area (TPSA) is 77.6 Å². The van der Waals surface area contributed by atoms with Crippen LogP contribution in [-0.2, 0) is 4.84 Å². The lowest BCUT2D eigenvalue weighted by Gasteiger charge is -2.08. The molecule has 0 saturated heterocycles. The second kappa shape index (κ2) is 6.17. The zero-order valence-electron chi connectivity index (χ0n) is 12.3. The minimum Gasteiger partial charge on any atom is -0.379 e. The van der Waals surface area contributed by atoms with Gasteiger partial charge >= 0.3 is 5.97 Å². The molecule has 21 heavy (non-hydrogen) atoms. The monoisotopic (exact) mass is 283 g/mol. The zero-order valence-corrected chi connectivity index (χ0v) is 12.3. The van der Waals surface area contributed by atoms with Gasteiger partial charge in [-0.05, 0) is 44.0 Å². The number of aromatic nitrogens is 1. The van der Waals surface area contributed by atoms with Crippen LogP contribution in [-0.4, -0.2) is 16.8 Å². The molecule has 0 aliphatic heterocycles. The van der Waals surface area contributed by atoms with E-state index in [1.54, 1.807) is 24.4 Å². The molecule has 5 heteroatoms. The van der Waals surface area contributed by atoms with Crippen molar-refractivity contribution < 1.29 is 9.63 Å². The van der Waals surface area contributed by atoms with Gasteiger partial charge in [0.2, 0.25) is 0 Å². The second-order valence-corrected chi connectivity index (χ2v) is 4.84. The molecule has 0 aliphatic rings. The number of carbonyl (C=O) groups excluding carboxylic acids is 1. The third-order valence-electron chi connectivity index (χ3n) is 3.04. The molecule has 2 rings (SSSR count). The van der Waals surface area contributed by atoms with Crippen molar-refractivity contribution in [3.63, 3.8) is 0 Å². The summed E-state index contributed by atoms with van der Waals surface area (Å²) in [6.45, 7) is 5.71. The summed E-state index contributed by atoms with van der Waals surface area (Å²) in [4.78, 5) is 21.1. The van der Waals surface area contributed by atoms with Crippen LogP contribution in [0.5, 0.6) is 0 Å². The maximum atomic E-state index is 12.1. The first-order chi connectivity index (χ1) is 9.99. The molecule has 0 aliphatic carbocycles. The standard InChI is InChI=1S/C16H17N3O2/c1-10-8-11(2)14(12(3)9-10)16(20)21-19-15(17)13-6-4-5-7-18-13/h4-9H,1-3H3,(H2,17,19). The predicted octanol–water partition coefficient (Wildman–Crippen LogP) is 2.48. The quantitative estimate of drug-likeness (QED) is 0.406. The molecule has 108 valence electrons. The van der Waals surface area contributed by atoms with Gasteiger partial charge < -0.3 is 10.6 Å². The van der Waals surface area contributed by atoms with Crippen molar-refractivity contribution in [1.29, 1.82) is 0 Å². The first-order valence-electron chi connectivity index (χ1n) is 6.53. The summed E-state index contributed by atoms with van der Waals surface area (Å²) >= 11 is 0. The van der Waals surface area contributed by atoms with Crippen molar-refractivity contribution in [1.82, 2.24) is 4.98 Å². The Balaban J connectivity index is 2.20. The summed E-state index contributed by atoms with van der Waals surface area (Å²) in [5.74, 6) is -0.463. The fourth-order valence-corrected chi connectivity index (χ4v) is 2.20. The number of benzene rings is 1. The number of nitrogens with zero attached hydrogens (tertiary/aromatic N) is 2. The van der Waals surface area contributed by atoms with E-state index in [0.717, 1.165) is 16.7 Å². The molecule has 1 heterocycles. The molecular weight excluding hydrogens is 266 g/mol. The smallest absolute Gasteiger partial charge is 0.366 e. The molecule has 2 aromatic rings. The Morgan fingerprint density at radius 2 is 1.86 bits per heavy atom. The summed E-state index contributed by atoms with van der Waals surface area (Å²) in [5, 5.41) is 3.66. The summed E-state index contributed by atoms with van der Waals surface area (Å²) in [6.07, 6.45) is 1.59. The van der Waals surface area contributed by atoms with E-state index in [9.17, 15) is 4.79 Å². The van der Waals surface area contributed by atoms with Crippen LogP contribution in [0, 0.1) is 20.8 Å². The first-order valence-corrected chi connectivity index (χ1v) is 6.53. The molecule has 0 amide bonds. The lowest BCUT2D eigenvalue weighted by molar-refractivity contribution is 0.0514. The van der Waals surface area contributed by atoms with E-state index >= 15 is 0 Å². The summed E-state index contributed by atoms with van der Waals surface area (Å²) in [7, 11) is 0. The third-order valence-corrected chi connectivity index (χ3v) is 3.04. The van der Waals surface area contributed by atoms with E-state index < -0.39 is 5.97 Å². The van der Waals surface area contributed by atoms with E-state index in [4.69, 9.17) is 10.6 Å². The van der Waals surface area contributed by atoms with Crippen LogP contribution in [0.1, 0.15) is 32.7 Å². The van der Waals surface area contributed by atoms with Gasteiger partial charge in [-0.3, -0.25) is 4.98 Å². The highest BCUT2D eigenvalue weighted by molar-refractivity contribution is 5.97. The van der Waals surface area contributed by atoms with E-state index in [-0.39, 0.29) is 5.84 Å². The fourth-order valence-electron chi connectivity index (χ4n) is 2.20. The van der Waals surface area contributed by atoms with Gasteiger partial charge in [-0.25, -0.2) is 4.79 Å². The first kappa shape index (κ1) is 14.7. The Morgan fingerprint density at radius 1 is 1.19 bits per heavy atom. The predicted molar refractivity (Wildman–Crippen MR) is 81.0 cm³/mol. The lowest BCUT2D eigenvalue weighted by atomic mass is 10.0. The maximum Gasteiger partial charge on any atom is 0.366 e. The van der Waals surface area contributed by atoms with Crippen molar-refractivity contribution in [2.45, 2.75) is 20.8 Å². The molecule has 5 nitrogen and oxygen atoms in total. The van der Waals surface area contributed by atoms with Crippen LogP contribution in [0.3, 0.4) is 0 Å². The maximum absolute atomic E-state index is 12.1. The highest BCUT2D eigenvalue weighted by Gasteiger charge is 2.15. The number of hydrogen-bond donors (Lipinski definition) is 1. The van der Waals surface area contributed by atoms with Gasteiger partial charge in [-0.2, -0.15) is 0 Å². The van der Waals surface area contributed by atoms with Gasteiger partial charge in [-0.1, -0.05) is 28.9 Å². The Bertz CT molecular complexity index is 671. The number of rotatable bonds is 3. The van der Waals surface area contributed by atoms with Crippen molar-refractivity contribution in [3.05, 3.63) is 64.5 Å². The molecule has 0 bridgehead atoms. The third kappa shape index (κ3) is 3.45. The molecule has 1 aromatic carbocycles. The van der Waals surface area contributed by atoms with E-state index in [1.165, 1.54) is 0 Å². The highest BCUT2D eigenvalue weighted by Crippen LogP contribution is 2.17. The number of hydrogen-bond acceptors (Lipinski definition) is 4. The lowest BCUT2D eigenvalue weighted by Crippen LogP contribution is -2.17. The molecule has 0 fully saturated rings. The molecule has 0 saturated carbocycles. The van der Waals surface area contributed by atoms with Gasteiger partial charge in [-0.15, -0.1) is 0 Å². The largest absolute Gasteiger partial charge is 0.379 e. The molecule has 0 spiro atoms. The SMILES string of the molecule is Cc1cc(C)c(C(=O)O/N=C(\N)c2ccccn2)c(C)c1. The number of nitrogens with two attached hydrogens (primary N) is 1. The van der Waals surface area contributed by atoms with Crippen molar-refractivity contribution >= 4 is 11.8 Å². The highest BCUT2D eigenvalue weighted by atomic mass is 16.7. The van der Waals surface area contributed by atoms with Crippen LogP contribution in [0.25, 0.3) is 0 Å². The Hall–Kier alpha value is -2.69. The molecule has 0 radical (unpaired) electrons. The summed E-state index contributed by atoms with van der Waals surface area (Å²) in [5.41, 5.74) is 9.50. The van der Waals surface area contributed by atoms with Crippen molar-refractivity contribution in [3.8, 4) is 0 Å². The number of oxime groups is 1. The number of amidine groups is 1. The minimum atomic E-state index is -0.524. The molecule has 2 N–H and O–H groups in total. The van der Waals surface area contributed by atoms with Crippen molar-refractivity contribution in [2.24, 2.45) is 10.9 Å². The van der Waals surface area contributed by atoms with E-state index in [0.29, 0.717) is 11.3 Å².